The zero-order valence-electron chi connectivity index (χ0n) is 13.4. The Morgan fingerprint density at radius 1 is 0.880 bits per heavy atom. The molecule has 25 heavy (non-hydrogen) atoms. The fourth-order valence-corrected chi connectivity index (χ4v) is 3.55. The molecule has 1 heterocycles. The Kier molecular flexibility index (Phi) is 3.99. The number of benzene rings is 2. The van der Waals surface area contributed by atoms with Crippen molar-refractivity contribution < 1.29 is 10.0 Å². The van der Waals surface area contributed by atoms with Gasteiger partial charge in [0.25, 0.3) is 0 Å². The molecule has 5 nitrogen and oxygen atoms in total. The van der Waals surface area contributed by atoms with Crippen LogP contribution in [0.5, 0.6) is 0 Å². The third-order valence-electron chi connectivity index (χ3n) is 4.78. The van der Waals surface area contributed by atoms with E-state index in [2.05, 4.69) is 10.2 Å². The molecule has 124 valence electrons. The van der Waals surface area contributed by atoms with Crippen LogP contribution in [0.3, 0.4) is 0 Å². The fourth-order valence-electron chi connectivity index (χ4n) is 3.55. The lowest BCUT2D eigenvalue weighted by Gasteiger charge is -2.04. The van der Waals surface area contributed by atoms with Crippen molar-refractivity contribution >= 4 is 5.91 Å². The van der Waals surface area contributed by atoms with Crippen LogP contribution in [0.25, 0.3) is 11.3 Å². The molecule has 5 heteroatoms. The van der Waals surface area contributed by atoms with Crippen molar-refractivity contribution in [1.29, 1.82) is 0 Å². The molecule has 0 saturated heterocycles. The predicted molar refractivity (Wildman–Crippen MR) is 92.8 cm³/mol. The van der Waals surface area contributed by atoms with Crippen LogP contribution in [0.4, 0.5) is 0 Å². The van der Waals surface area contributed by atoms with Crippen LogP contribution in [0.1, 0.15) is 23.0 Å². The van der Waals surface area contributed by atoms with E-state index in [9.17, 15) is 4.79 Å². The lowest BCUT2D eigenvalue weighted by Crippen LogP contribution is -2.21. The number of nitrogens with zero attached hydrogens (tertiary/aromatic N) is 2. The van der Waals surface area contributed by atoms with E-state index in [1.165, 1.54) is 0 Å². The summed E-state index contributed by atoms with van der Waals surface area (Å²) in [7, 11) is 0. The van der Waals surface area contributed by atoms with Crippen LogP contribution in [0.15, 0.2) is 72.9 Å². The Hall–Kier alpha value is -3.05. The Balaban J connectivity index is 1.63. The van der Waals surface area contributed by atoms with E-state index in [1.54, 1.807) is 11.7 Å². The predicted octanol–water partition coefficient (Wildman–Crippen LogP) is 3.15. The van der Waals surface area contributed by atoms with Gasteiger partial charge < -0.3 is 0 Å². The largest absolute Gasteiger partial charge is 0.289 e. The maximum Gasteiger partial charge on any atom is 0.247 e. The van der Waals surface area contributed by atoms with E-state index in [4.69, 9.17) is 5.21 Å². The summed E-state index contributed by atoms with van der Waals surface area (Å²) in [5.74, 6) is -0.451. The van der Waals surface area contributed by atoms with Gasteiger partial charge in [0.15, 0.2) is 0 Å². The van der Waals surface area contributed by atoms with Gasteiger partial charge in [-0.05, 0) is 23.3 Å². The first-order chi connectivity index (χ1) is 12.3. The molecular weight excluding hydrogens is 314 g/mol. The van der Waals surface area contributed by atoms with Crippen molar-refractivity contribution in [2.45, 2.75) is 11.8 Å². The number of carbonyl (C=O) groups excluding carboxylic acids is 1. The minimum atomic E-state index is -0.336. The van der Waals surface area contributed by atoms with Crippen molar-refractivity contribution in [2.24, 2.45) is 5.92 Å². The SMILES string of the molecule is O=C(NO)C1C(c2ccccc2)C1c1ccc(-c2cccnn2)cc1. The lowest BCUT2D eigenvalue weighted by molar-refractivity contribution is -0.130. The summed E-state index contributed by atoms with van der Waals surface area (Å²) in [6.07, 6.45) is 1.64. The first kappa shape index (κ1) is 15.5. The quantitative estimate of drug-likeness (QED) is 0.569. The Morgan fingerprint density at radius 3 is 2.16 bits per heavy atom. The Labute approximate surface area is 145 Å². The number of hydrogen-bond acceptors (Lipinski definition) is 4. The topological polar surface area (TPSA) is 75.1 Å². The number of nitrogens with one attached hydrogen (secondary N) is 1. The van der Waals surface area contributed by atoms with Crippen molar-refractivity contribution in [3.8, 4) is 11.3 Å². The summed E-state index contributed by atoms with van der Waals surface area (Å²) in [6.45, 7) is 0. The maximum absolute atomic E-state index is 12.1. The number of aromatic nitrogens is 2. The van der Waals surface area contributed by atoms with Gasteiger partial charge in [-0.3, -0.25) is 10.0 Å². The van der Waals surface area contributed by atoms with Gasteiger partial charge in [0.2, 0.25) is 5.91 Å². The highest BCUT2D eigenvalue weighted by Crippen LogP contribution is 2.60. The highest BCUT2D eigenvalue weighted by molar-refractivity contribution is 5.84. The molecule has 1 aliphatic rings. The van der Waals surface area contributed by atoms with Crippen LogP contribution < -0.4 is 5.48 Å². The summed E-state index contributed by atoms with van der Waals surface area (Å²) in [6, 6.07) is 21.7. The smallest absolute Gasteiger partial charge is 0.247 e. The summed E-state index contributed by atoms with van der Waals surface area (Å²) < 4.78 is 0. The van der Waals surface area contributed by atoms with E-state index >= 15 is 0 Å². The monoisotopic (exact) mass is 331 g/mol. The standard InChI is InChI=1S/C20H17N3O2/c24-20(23-25)19-17(14-5-2-1-3-6-14)18(19)15-10-8-13(9-11-15)16-7-4-12-21-22-16/h1-12,17-19,25H,(H,23,24). The van der Waals surface area contributed by atoms with Crippen molar-refractivity contribution in [1.82, 2.24) is 15.7 Å². The van der Waals surface area contributed by atoms with E-state index < -0.39 is 0 Å². The highest BCUT2D eigenvalue weighted by atomic mass is 16.5. The van der Waals surface area contributed by atoms with Crippen LogP contribution in [-0.2, 0) is 4.79 Å². The number of hydroxylamine groups is 1. The van der Waals surface area contributed by atoms with Gasteiger partial charge in [-0.15, -0.1) is 0 Å². The maximum atomic E-state index is 12.1. The van der Waals surface area contributed by atoms with E-state index in [-0.39, 0.29) is 23.7 Å². The Bertz CT molecular complexity index is 866. The summed E-state index contributed by atoms with van der Waals surface area (Å²) in [5, 5.41) is 17.1. The van der Waals surface area contributed by atoms with Crippen molar-refractivity contribution in [3.05, 3.63) is 84.1 Å². The Morgan fingerprint density at radius 2 is 1.56 bits per heavy atom. The van der Waals surface area contributed by atoms with Crippen molar-refractivity contribution in [2.75, 3.05) is 0 Å². The average Bonchev–Trinajstić information content (AvgIpc) is 3.44. The molecule has 4 rings (SSSR count). The van der Waals surface area contributed by atoms with Crippen LogP contribution in [-0.4, -0.2) is 21.3 Å². The van der Waals surface area contributed by atoms with E-state index in [0.717, 1.165) is 22.4 Å². The molecule has 1 aliphatic carbocycles. The summed E-state index contributed by atoms with van der Waals surface area (Å²) in [4.78, 5) is 12.1. The molecule has 1 aromatic heterocycles. The van der Waals surface area contributed by atoms with Gasteiger partial charge >= 0.3 is 0 Å². The summed E-state index contributed by atoms with van der Waals surface area (Å²) >= 11 is 0. The molecule has 1 fully saturated rings. The fraction of sp³-hybridized carbons (Fsp3) is 0.150. The average molecular weight is 331 g/mol. The second kappa shape index (κ2) is 6.45. The lowest BCUT2D eigenvalue weighted by atomic mass is 10.0. The van der Waals surface area contributed by atoms with Crippen LogP contribution >= 0.6 is 0 Å². The van der Waals surface area contributed by atoms with Crippen LogP contribution in [0, 0.1) is 5.92 Å². The molecular formula is C20H17N3O2. The van der Waals surface area contributed by atoms with Gasteiger partial charge in [-0.1, -0.05) is 54.6 Å². The second-order valence-electron chi connectivity index (χ2n) is 6.19. The molecule has 2 N–H and O–H groups in total. The molecule has 3 atom stereocenters. The molecule has 0 spiro atoms. The molecule has 2 aromatic carbocycles. The highest BCUT2D eigenvalue weighted by Gasteiger charge is 2.56. The minimum absolute atomic E-state index is 0.0606. The number of carbonyl (C=O) groups is 1. The minimum Gasteiger partial charge on any atom is -0.289 e. The van der Waals surface area contributed by atoms with Gasteiger partial charge in [0.05, 0.1) is 11.6 Å². The number of hydrogen-bond donors (Lipinski definition) is 2. The third-order valence-corrected chi connectivity index (χ3v) is 4.78. The zero-order chi connectivity index (χ0) is 17.2. The van der Waals surface area contributed by atoms with Crippen LogP contribution in [0.2, 0.25) is 0 Å². The van der Waals surface area contributed by atoms with E-state index in [1.807, 2.05) is 66.7 Å². The molecule has 0 bridgehead atoms. The van der Waals surface area contributed by atoms with E-state index in [0.29, 0.717) is 0 Å². The number of amides is 1. The number of rotatable bonds is 4. The van der Waals surface area contributed by atoms with Gasteiger partial charge in [0, 0.05) is 23.6 Å². The zero-order valence-corrected chi connectivity index (χ0v) is 13.4. The van der Waals surface area contributed by atoms with Gasteiger partial charge in [0.1, 0.15) is 0 Å². The normalized spacial score (nSPS) is 21.6. The van der Waals surface area contributed by atoms with Gasteiger partial charge in [-0.25, -0.2) is 5.48 Å². The van der Waals surface area contributed by atoms with Crippen molar-refractivity contribution in [3.63, 3.8) is 0 Å². The molecule has 1 amide bonds. The molecule has 3 aromatic rings. The third kappa shape index (κ3) is 2.90. The van der Waals surface area contributed by atoms with Gasteiger partial charge in [-0.2, -0.15) is 10.2 Å². The first-order valence-corrected chi connectivity index (χ1v) is 8.16. The molecule has 0 aliphatic heterocycles. The molecule has 1 saturated carbocycles. The molecule has 3 unspecified atom stereocenters. The molecule has 0 radical (unpaired) electrons. The first-order valence-electron chi connectivity index (χ1n) is 8.16. The summed E-state index contributed by atoms with van der Waals surface area (Å²) in [5.41, 5.74) is 5.79. The second-order valence-corrected chi connectivity index (χ2v) is 6.19.